The van der Waals surface area contributed by atoms with Crippen LogP contribution in [0.3, 0.4) is 0 Å². The fraction of sp³-hybridized carbons (Fsp3) is 0.652. The molecule has 0 bridgehead atoms. The average molecular weight is 403 g/mol. The molecule has 3 N–H and O–H groups in total. The van der Waals surface area contributed by atoms with Gasteiger partial charge < -0.3 is 20.7 Å². The maximum absolute atomic E-state index is 12.0. The van der Waals surface area contributed by atoms with Crippen molar-refractivity contribution in [1.29, 1.82) is 0 Å². The maximum atomic E-state index is 12.0. The predicted molar refractivity (Wildman–Crippen MR) is 119 cm³/mol. The molecule has 0 atom stereocenters. The average Bonchev–Trinajstić information content (AvgIpc) is 2.77. The van der Waals surface area contributed by atoms with E-state index in [1.165, 1.54) is 32.1 Å². The van der Waals surface area contributed by atoms with Crippen LogP contribution in [0.15, 0.2) is 29.3 Å². The van der Waals surface area contributed by atoms with E-state index >= 15 is 0 Å². The van der Waals surface area contributed by atoms with Crippen LogP contribution in [0.1, 0.15) is 74.2 Å². The molecule has 0 aliphatic heterocycles. The lowest BCUT2D eigenvalue weighted by Gasteiger charge is -2.22. The molecule has 0 spiro atoms. The molecule has 0 heterocycles. The molecule has 1 aliphatic rings. The van der Waals surface area contributed by atoms with Gasteiger partial charge in [0.05, 0.1) is 6.10 Å². The van der Waals surface area contributed by atoms with Crippen molar-refractivity contribution in [1.82, 2.24) is 16.0 Å². The van der Waals surface area contributed by atoms with Gasteiger partial charge in [-0.15, -0.1) is 0 Å². The number of rotatable bonds is 11. The third kappa shape index (κ3) is 9.31. The number of nitrogens with one attached hydrogen (secondary N) is 3. The minimum absolute atomic E-state index is 0.00844. The van der Waals surface area contributed by atoms with Crippen LogP contribution in [-0.4, -0.2) is 44.7 Å². The largest absolute Gasteiger partial charge is 0.378 e. The van der Waals surface area contributed by atoms with Crippen molar-refractivity contribution < 1.29 is 9.53 Å². The van der Waals surface area contributed by atoms with Crippen LogP contribution < -0.4 is 16.0 Å². The number of guanidine groups is 1. The van der Waals surface area contributed by atoms with Gasteiger partial charge in [0.25, 0.3) is 5.91 Å². The molecule has 0 radical (unpaired) electrons. The second kappa shape index (κ2) is 14.0. The zero-order valence-electron chi connectivity index (χ0n) is 18.1. The number of benzene rings is 1. The number of hydrogen-bond acceptors (Lipinski definition) is 3. The van der Waals surface area contributed by atoms with Crippen LogP contribution in [0.4, 0.5) is 0 Å². The second-order valence-electron chi connectivity index (χ2n) is 7.64. The first-order valence-electron chi connectivity index (χ1n) is 11.2. The van der Waals surface area contributed by atoms with Crippen LogP contribution in [0.25, 0.3) is 0 Å². The zero-order chi connectivity index (χ0) is 20.7. The summed E-state index contributed by atoms with van der Waals surface area (Å²) in [6.07, 6.45) is 9.94. The van der Waals surface area contributed by atoms with Crippen molar-refractivity contribution >= 4 is 11.9 Å². The molecule has 1 aliphatic carbocycles. The van der Waals surface area contributed by atoms with Crippen molar-refractivity contribution in [3.05, 3.63) is 35.4 Å². The quantitative estimate of drug-likeness (QED) is 0.300. The summed E-state index contributed by atoms with van der Waals surface area (Å²) in [7, 11) is 1.78. The Morgan fingerprint density at radius 3 is 2.45 bits per heavy atom. The van der Waals surface area contributed by atoms with Crippen LogP contribution in [0.5, 0.6) is 0 Å². The molecule has 1 amide bonds. The number of carbonyl (C=O) groups excluding carboxylic acids is 1. The molecule has 0 unspecified atom stereocenters. The van der Waals surface area contributed by atoms with Gasteiger partial charge in [-0.3, -0.25) is 9.79 Å². The molecule has 6 heteroatoms. The number of amides is 1. The number of nitrogens with zero attached hydrogens (tertiary/aromatic N) is 1. The van der Waals surface area contributed by atoms with Crippen LogP contribution in [0, 0.1) is 0 Å². The van der Waals surface area contributed by atoms with Crippen LogP contribution in [0.2, 0.25) is 0 Å². The Kier molecular flexibility index (Phi) is 11.2. The first-order valence-corrected chi connectivity index (χ1v) is 11.2. The monoisotopic (exact) mass is 402 g/mol. The predicted octanol–water partition coefficient (Wildman–Crippen LogP) is 3.62. The summed E-state index contributed by atoms with van der Waals surface area (Å²) in [5.41, 5.74) is 1.81. The minimum atomic E-state index is -0.00844. The van der Waals surface area contributed by atoms with Crippen molar-refractivity contribution in [2.75, 3.05) is 26.7 Å². The van der Waals surface area contributed by atoms with Crippen LogP contribution in [-0.2, 0) is 11.3 Å². The molecule has 29 heavy (non-hydrogen) atoms. The van der Waals surface area contributed by atoms with E-state index < -0.39 is 0 Å². The topological polar surface area (TPSA) is 74.8 Å². The standard InChI is InChI=1S/C23H38N4O2/c1-3-4-15-25-22(28)20-13-11-19(12-14-20)18-27-23(24-2)26-16-8-17-29-21-9-6-5-7-10-21/h11-14,21H,3-10,15-18H2,1-2H3,(H,25,28)(H2,24,26,27). The summed E-state index contributed by atoms with van der Waals surface area (Å²) in [4.78, 5) is 16.3. The van der Waals surface area contributed by atoms with Gasteiger partial charge in [-0.05, 0) is 43.4 Å². The summed E-state index contributed by atoms with van der Waals surface area (Å²) >= 11 is 0. The summed E-state index contributed by atoms with van der Waals surface area (Å²) in [6, 6.07) is 7.70. The fourth-order valence-electron chi connectivity index (χ4n) is 3.42. The molecule has 1 fully saturated rings. The highest BCUT2D eigenvalue weighted by molar-refractivity contribution is 5.94. The maximum Gasteiger partial charge on any atom is 0.251 e. The van der Waals surface area contributed by atoms with E-state index in [4.69, 9.17) is 4.74 Å². The van der Waals surface area contributed by atoms with Gasteiger partial charge in [-0.25, -0.2) is 0 Å². The molecular weight excluding hydrogens is 364 g/mol. The fourth-order valence-corrected chi connectivity index (χ4v) is 3.42. The summed E-state index contributed by atoms with van der Waals surface area (Å²) < 4.78 is 5.96. The number of ether oxygens (including phenoxy) is 1. The van der Waals surface area contributed by atoms with Gasteiger partial charge in [0.2, 0.25) is 0 Å². The smallest absolute Gasteiger partial charge is 0.251 e. The molecule has 0 aromatic heterocycles. The Morgan fingerprint density at radius 2 is 1.76 bits per heavy atom. The second-order valence-corrected chi connectivity index (χ2v) is 7.64. The third-order valence-electron chi connectivity index (χ3n) is 5.23. The lowest BCUT2D eigenvalue weighted by molar-refractivity contribution is 0.0277. The van der Waals surface area contributed by atoms with E-state index in [1.807, 2.05) is 24.3 Å². The summed E-state index contributed by atoms with van der Waals surface area (Å²) in [6.45, 7) is 5.14. The lowest BCUT2D eigenvalue weighted by Crippen LogP contribution is -2.37. The van der Waals surface area contributed by atoms with E-state index in [0.717, 1.165) is 50.5 Å². The number of carbonyl (C=O) groups is 1. The molecule has 0 saturated heterocycles. The third-order valence-corrected chi connectivity index (χ3v) is 5.23. The number of unbranched alkanes of at least 4 members (excludes halogenated alkanes) is 1. The number of aliphatic imine (C=N–C) groups is 1. The van der Waals surface area contributed by atoms with E-state index in [2.05, 4.69) is 27.9 Å². The minimum Gasteiger partial charge on any atom is -0.378 e. The van der Waals surface area contributed by atoms with Gasteiger partial charge in [0.1, 0.15) is 0 Å². The molecule has 162 valence electrons. The van der Waals surface area contributed by atoms with Crippen LogP contribution >= 0.6 is 0 Å². The van der Waals surface area contributed by atoms with Crippen molar-refractivity contribution in [2.24, 2.45) is 4.99 Å². The Morgan fingerprint density at radius 1 is 1.03 bits per heavy atom. The Bertz CT molecular complexity index is 610. The van der Waals surface area contributed by atoms with Crippen molar-refractivity contribution in [3.8, 4) is 0 Å². The summed E-state index contributed by atoms with van der Waals surface area (Å²) in [5, 5.41) is 9.58. The van der Waals surface area contributed by atoms with E-state index in [-0.39, 0.29) is 5.91 Å². The molecular formula is C23H38N4O2. The van der Waals surface area contributed by atoms with Gasteiger partial charge >= 0.3 is 0 Å². The molecule has 6 nitrogen and oxygen atoms in total. The first-order chi connectivity index (χ1) is 14.2. The lowest BCUT2D eigenvalue weighted by atomic mass is 9.98. The SMILES string of the molecule is CCCCNC(=O)c1ccc(CNC(=NC)NCCCOC2CCCCC2)cc1. The Labute approximate surface area is 175 Å². The highest BCUT2D eigenvalue weighted by Gasteiger charge is 2.13. The Hall–Kier alpha value is -2.08. The van der Waals surface area contributed by atoms with Crippen molar-refractivity contribution in [3.63, 3.8) is 0 Å². The van der Waals surface area contributed by atoms with Gasteiger partial charge in [0, 0.05) is 38.9 Å². The highest BCUT2D eigenvalue weighted by Crippen LogP contribution is 2.20. The van der Waals surface area contributed by atoms with E-state index in [1.54, 1.807) is 7.05 Å². The van der Waals surface area contributed by atoms with E-state index in [0.29, 0.717) is 18.2 Å². The Balaban J connectivity index is 1.62. The molecule has 1 saturated carbocycles. The van der Waals surface area contributed by atoms with E-state index in [9.17, 15) is 4.79 Å². The molecule has 2 rings (SSSR count). The summed E-state index contributed by atoms with van der Waals surface area (Å²) in [5.74, 6) is 0.773. The van der Waals surface area contributed by atoms with Crippen molar-refractivity contribution in [2.45, 2.75) is 70.9 Å². The number of hydrogen-bond donors (Lipinski definition) is 3. The van der Waals surface area contributed by atoms with Gasteiger partial charge in [-0.1, -0.05) is 44.7 Å². The molecule has 1 aromatic rings. The normalized spacial score (nSPS) is 15.2. The zero-order valence-corrected chi connectivity index (χ0v) is 18.1. The first kappa shape index (κ1) is 23.2. The highest BCUT2D eigenvalue weighted by atomic mass is 16.5. The van der Waals surface area contributed by atoms with Gasteiger partial charge in [0.15, 0.2) is 5.96 Å². The molecule has 1 aromatic carbocycles. The van der Waals surface area contributed by atoms with Gasteiger partial charge in [-0.2, -0.15) is 0 Å².